The lowest BCUT2D eigenvalue weighted by molar-refractivity contribution is 0.663. The predicted octanol–water partition coefficient (Wildman–Crippen LogP) is 5.22. The summed E-state index contributed by atoms with van der Waals surface area (Å²) in [5.74, 6) is 0.673. The normalized spacial score (nSPS) is 12.1. The first kappa shape index (κ1) is 22.6. The SMILES string of the molecule is CCCCCC(C)Sc1nc(C)cc(-c2cnc(Nc3cnc(CNC)cn3)s2)n1. The smallest absolute Gasteiger partial charge is 0.188 e. The zero-order valence-corrected chi connectivity index (χ0v) is 19.6. The third kappa shape index (κ3) is 6.72. The van der Waals surface area contributed by atoms with E-state index < -0.39 is 0 Å². The van der Waals surface area contributed by atoms with Gasteiger partial charge in [-0.05, 0) is 26.5 Å². The van der Waals surface area contributed by atoms with Crippen LogP contribution < -0.4 is 10.6 Å². The second-order valence-corrected chi connectivity index (χ2v) is 9.62. The number of nitrogens with one attached hydrogen (secondary N) is 2. The third-order valence-corrected chi connectivity index (χ3v) is 6.38. The van der Waals surface area contributed by atoms with Gasteiger partial charge in [-0.25, -0.2) is 19.9 Å². The van der Waals surface area contributed by atoms with Gasteiger partial charge in [0.25, 0.3) is 0 Å². The minimum atomic E-state index is 0.509. The molecule has 0 aliphatic rings. The molecule has 1 atom stereocenters. The predicted molar refractivity (Wildman–Crippen MR) is 125 cm³/mol. The van der Waals surface area contributed by atoms with Gasteiger partial charge in [0.05, 0.1) is 28.7 Å². The van der Waals surface area contributed by atoms with Crippen molar-refractivity contribution in [2.75, 3.05) is 12.4 Å². The molecule has 0 fully saturated rings. The van der Waals surface area contributed by atoms with Crippen LogP contribution >= 0.6 is 23.1 Å². The first-order chi connectivity index (χ1) is 14.6. The topological polar surface area (TPSA) is 88.5 Å². The van der Waals surface area contributed by atoms with Crippen LogP contribution in [0.15, 0.2) is 29.8 Å². The third-order valence-electron chi connectivity index (χ3n) is 4.41. The number of thiazole rings is 1. The van der Waals surface area contributed by atoms with Gasteiger partial charge >= 0.3 is 0 Å². The molecule has 0 saturated carbocycles. The Labute approximate surface area is 186 Å². The largest absolute Gasteiger partial charge is 0.315 e. The van der Waals surface area contributed by atoms with E-state index >= 15 is 0 Å². The van der Waals surface area contributed by atoms with Crippen molar-refractivity contribution in [2.45, 2.75) is 63.4 Å². The quantitative estimate of drug-likeness (QED) is 0.237. The van der Waals surface area contributed by atoms with E-state index in [2.05, 4.69) is 44.4 Å². The number of unbranched alkanes of at least 4 members (excludes halogenated alkanes) is 2. The van der Waals surface area contributed by atoms with Gasteiger partial charge in [0.2, 0.25) is 0 Å². The summed E-state index contributed by atoms with van der Waals surface area (Å²) in [5.41, 5.74) is 2.78. The number of anilines is 2. The van der Waals surface area contributed by atoms with E-state index in [1.807, 2.05) is 26.2 Å². The highest BCUT2D eigenvalue weighted by molar-refractivity contribution is 7.99. The second-order valence-electron chi connectivity index (χ2n) is 7.18. The molecule has 160 valence electrons. The fourth-order valence-electron chi connectivity index (χ4n) is 2.89. The van der Waals surface area contributed by atoms with Crippen molar-refractivity contribution in [1.29, 1.82) is 0 Å². The van der Waals surface area contributed by atoms with Gasteiger partial charge in [0.1, 0.15) is 0 Å². The highest BCUT2D eigenvalue weighted by Gasteiger charge is 2.12. The van der Waals surface area contributed by atoms with Crippen LogP contribution in [-0.4, -0.2) is 37.2 Å². The number of aromatic nitrogens is 5. The molecule has 0 aliphatic heterocycles. The Kier molecular flexibility index (Phi) is 8.53. The fourth-order valence-corrected chi connectivity index (χ4v) is 4.67. The molecule has 2 N–H and O–H groups in total. The molecule has 0 spiro atoms. The van der Waals surface area contributed by atoms with E-state index in [0.717, 1.165) is 32.2 Å². The van der Waals surface area contributed by atoms with E-state index in [9.17, 15) is 0 Å². The maximum Gasteiger partial charge on any atom is 0.188 e. The molecular weight excluding hydrogens is 414 g/mol. The van der Waals surface area contributed by atoms with Crippen LogP contribution in [0.3, 0.4) is 0 Å². The Morgan fingerprint density at radius 3 is 2.70 bits per heavy atom. The van der Waals surface area contributed by atoms with E-state index in [0.29, 0.717) is 17.6 Å². The van der Waals surface area contributed by atoms with Gasteiger partial charge in [-0.2, -0.15) is 0 Å². The molecule has 3 heterocycles. The Hall–Kier alpha value is -2.10. The summed E-state index contributed by atoms with van der Waals surface area (Å²) in [6.07, 6.45) is 10.3. The maximum absolute atomic E-state index is 4.78. The molecule has 0 aromatic carbocycles. The van der Waals surface area contributed by atoms with Crippen molar-refractivity contribution in [3.05, 3.63) is 36.0 Å². The summed E-state index contributed by atoms with van der Waals surface area (Å²) in [5, 5.41) is 8.39. The van der Waals surface area contributed by atoms with Crippen LogP contribution in [0, 0.1) is 6.92 Å². The molecule has 0 amide bonds. The molecule has 3 rings (SSSR count). The average Bonchev–Trinajstić information content (AvgIpc) is 3.18. The molecule has 3 aromatic rings. The number of nitrogens with zero attached hydrogens (tertiary/aromatic N) is 5. The molecule has 1 unspecified atom stereocenters. The van der Waals surface area contributed by atoms with Crippen LogP contribution in [0.4, 0.5) is 10.9 Å². The standard InChI is InChI=1S/C21H29N7S2/c1-5-6-7-8-15(3)29-21-26-14(2)9-17(27-21)18-12-25-20(30-18)28-19-13-23-16(10-22-4)11-24-19/h9,11-13,15,22H,5-8,10H2,1-4H3,(H,24,25,28). The minimum Gasteiger partial charge on any atom is -0.315 e. The molecule has 3 aromatic heterocycles. The van der Waals surface area contributed by atoms with Crippen molar-refractivity contribution in [1.82, 2.24) is 30.2 Å². The van der Waals surface area contributed by atoms with E-state index in [4.69, 9.17) is 4.98 Å². The molecule has 30 heavy (non-hydrogen) atoms. The Morgan fingerprint density at radius 1 is 1.10 bits per heavy atom. The number of aryl methyl sites for hydroxylation is 1. The minimum absolute atomic E-state index is 0.509. The zero-order valence-electron chi connectivity index (χ0n) is 18.0. The first-order valence-electron chi connectivity index (χ1n) is 10.3. The lowest BCUT2D eigenvalue weighted by Crippen LogP contribution is -2.07. The molecule has 0 bridgehead atoms. The summed E-state index contributed by atoms with van der Waals surface area (Å²) in [6, 6.07) is 2.01. The Balaban J connectivity index is 1.67. The van der Waals surface area contributed by atoms with E-state index in [1.165, 1.54) is 25.7 Å². The molecular formula is C21H29N7S2. The van der Waals surface area contributed by atoms with Gasteiger partial charge in [-0.1, -0.05) is 56.2 Å². The molecule has 7 nitrogen and oxygen atoms in total. The molecule has 0 radical (unpaired) electrons. The maximum atomic E-state index is 4.78. The fraction of sp³-hybridized carbons (Fsp3) is 0.476. The van der Waals surface area contributed by atoms with Crippen LogP contribution in [-0.2, 0) is 6.54 Å². The number of hydrogen-bond donors (Lipinski definition) is 2. The summed E-state index contributed by atoms with van der Waals surface area (Å²) in [7, 11) is 1.89. The summed E-state index contributed by atoms with van der Waals surface area (Å²) < 4.78 is 0. The van der Waals surface area contributed by atoms with Crippen molar-refractivity contribution in [2.24, 2.45) is 0 Å². The van der Waals surface area contributed by atoms with E-state index in [-0.39, 0.29) is 0 Å². The van der Waals surface area contributed by atoms with Crippen molar-refractivity contribution in [3.63, 3.8) is 0 Å². The number of rotatable bonds is 11. The van der Waals surface area contributed by atoms with Crippen molar-refractivity contribution >= 4 is 34.0 Å². The van der Waals surface area contributed by atoms with Gasteiger partial charge < -0.3 is 10.6 Å². The zero-order chi connectivity index (χ0) is 21.3. The summed E-state index contributed by atoms with van der Waals surface area (Å²) in [4.78, 5) is 23.6. The highest BCUT2D eigenvalue weighted by Crippen LogP contribution is 2.31. The van der Waals surface area contributed by atoms with Crippen LogP contribution in [0.2, 0.25) is 0 Å². The Morgan fingerprint density at radius 2 is 1.97 bits per heavy atom. The first-order valence-corrected chi connectivity index (χ1v) is 12.0. The van der Waals surface area contributed by atoms with Gasteiger partial charge in [-0.3, -0.25) is 4.98 Å². The van der Waals surface area contributed by atoms with Crippen molar-refractivity contribution in [3.8, 4) is 10.6 Å². The number of hydrogen-bond acceptors (Lipinski definition) is 9. The van der Waals surface area contributed by atoms with E-state index in [1.54, 1.807) is 35.5 Å². The Bertz CT molecular complexity index is 927. The van der Waals surface area contributed by atoms with Gasteiger partial charge in [0.15, 0.2) is 16.1 Å². The summed E-state index contributed by atoms with van der Waals surface area (Å²) in [6.45, 7) is 7.19. The molecule has 0 saturated heterocycles. The monoisotopic (exact) mass is 443 g/mol. The molecule has 9 heteroatoms. The highest BCUT2D eigenvalue weighted by atomic mass is 32.2. The number of thioether (sulfide) groups is 1. The lowest BCUT2D eigenvalue weighted by Gasteiger charge is -2.10. The van der Waals surface area contributed by atoms with Gasteiger partial charge in [0, 0.05) is 23.7 Å². The van der Waals surface area contributed by atoms with Crippen LogP contribution in [0.1, 0.15) is 50.9 Å². The lowest BCUT2D eigenvalue weighted by atomic mass is 10.2. The second kappa shape index (κ2) is 11.3. The van der Waals surface area contributed by atoms with Crippen LogP contribution in [0.25, 0.3) is 10.6 Å². The summed E-state index contributed by atoms with van der Waals surface area (Å²) >= 11 is 3.30. The molecule has 0 aliphatic carbocycles. The van der Waals surface area contributed by atoms with Crippen LogP contribution in [0.5, 0.6) is 0 Å². The average molecular weight is 444 g/mol. The van der Waals surface area contributed by atoms with Gasteiger partial charge in [-0.15, -0.1) is 0 Å². The van der Waals surface area contributed by atoms with Crippen molar-refractivity contribution < 1.29 is 0 Å².